The molecule has 1 aromatic rings. The Morgan fingerprint density at radius 1 is 1.00 bits per heavy atom. The van der Waals surface area contributed by atoms with Gasteiger partial charge >= 0.3 is 0 Å². The molecule has 3 saturated heterocycles. The van der Waals surface area contributed by atoms with Gasteiger partial charge in [0.25, 0.3) is 0 Å². The van der Waals surface area contributed by atoms with E-state index in [2.05, 4.69) is 27.4 Å². The van der Waals surface area contributed by atoms with Gasteiger partial charge in [-0.25, -0.2) is 0 Å². The summed E-state index contributed by atoms with van der Waals surface area (Å²) in [7, 11) is 0. The lowest BCUT2D eigenvalue weighted by Gasteiger charge is -2.37. The van der Waals surface area contributed by atoms with Crippen molar-refractivity contribution in [1.29, 1.82) is 0 Å². The fourth-order valence-corrected chi connectivity index (χ4v) is 7.50. The average Bonchev–Trinajstić information content (AvgIpc) is 3.61. The zero-order valence-electron chi connectivity index (χ0n) is 23.2. The molecule has 2 N–H and O–H groups in total. The van der Waals surface area contributed by atoms with Crippen LogP contribution in [0.4, 0.5) is 5.69 Å². The van der Waals surface area contributed by atoms with Crippen molar-refractivity contribution in [3.8, 4) is 0 Å². The van der Waals surface area contributed by atoms with Gasteiger partial charge in [-0.15, -0.1) is 0 Å². The number of amides is 3. The summed E-state index contributed by atoms with van der Waals surface area (Å²) in [6.07, 6.45) is 8.50. The summed E-state index contributed by atoms with van der Waals surface area (Å²) < 4.78 is 6.48. The second-order valence-corrected chi connectivity index (χ2v) is 12.3. The summed E-state index contributed by atoms with van der Waals surface area (Å²) >= 11 is 6.01. The third-order valence-corrected chi connectivity index (χ3v) is 9.81. The van der Waals surface area contributed by atoms with E-state index < -0.39 is 29.6 Å². The third-order valence-electron chi connectivity index (χ3n) is 9.56. The Bertz CT molecular complexity index is 1150. The molecular weight excluding hydrogens is 530 g/mol. The van der Waals surface area contributed by atoms with Gasteiger partial charge in [-0.3, -0.25) is 19.3 Å². The van der Waals surface area contributed by atoms with Gasteiger partial charge in [-0.05, 0) is 43.7 Å². The van der Waals surface area contributed by atoms with Crippen LogP contribution in [0.25, 0.3) is 0 Å². The van der Waals surface area contributed by atoms with E-state index in [1.807, 2.05) is 12.2 Å². The predicted octanol–water partition coefficient (Wildman–Crippen LogP) is 2.52. The highest BCUT2D eigenvalue weighted by atomic mass is 35.5. The minimum atomic E-state index is -1.14. The highest BCUT2D eigenvalue weighted by Gasteiger charge is 2.72. The maximum Gasteiger partial charge on any atom is 0.246 e. The number of likely N-dealkylation sites (tertiary alicyclic amines) is 1. The number of halogens is 1. The Hall–Kier alpha value is -2.46. The molecule has 1 saturated carbocycles. The standard InChI is InChI=1S/C30H40ClN5O4/c1-2-34-14-16-35(17-15-34)18-19-36-26(28(38)33-21-6-4-3-5-7-21)30-13-12-23(40-30)24(25(30)29(36)39)27(37)32-22-10-8-20(31)9-11-22/h8-13,21,23-26H,2-7,14-19H2,1H3,(H,32,37)(H,33,38). The lowest BCUT2D eigenvalue weighted by Crippen LogP contribution is -2.57. The number of ether oxygens (including phenoxy) is 1. The van der Waals surface area contributed by atoms with Gasteiger partial charge in [0.05, 0.1) is 17.9 Å². The van der Waals surface area contributed by atoms with Gasteiger partial charge in [0.1, 0.15) is 11.6 Å². The molecule has 4 heterocycles. The highest BCUT2D eigenvalue weighted by Crippen LogP contribution is 2.55. The van der Waals surface area contributed by atoms with E-state index >= 15 is 0 Å². The monoisotopic (exact) mass is 569 g/mol. The molecule has 5 atom stereocenters. The summed E-state index contributed by atoms with van der Waals surface area (Å²) in [6, 6.07) is 6.22. The zero-order valence-corrected chi connectivity index (χ0v) is 23.9. The molecule has 1 aromatic carbocycles. The van der Waals surface area contributed by atoms with Gasteiger partial charge in [0, 0.05) is 56.0 Å². The Labute approximate surface area is 241 Å². The maximum absolute atomic E-state index is 14.2. The number of hydrogen-bond acceptors (Lipinski definition) is 6. The number of benzene rings is 1. The number of fused-ring (bicyclic) bond motifs is 1. The molecule has 10 heteroatoms. The Morgan fingerprint density at radius 2 is 1.70 bits per heavy atom. The van der Waals surface area contributed by atoms with Crippen LogP contribution in [-0.2, 0) is 19.1 Å². The minimum absolute atomic E-state index is 0.113. The number of likely N-dealkylation sites (N-methyl/N-ethyl adjacent to an activating group) is 1. The Balaban J connectivity index is 1.24. The molecule has 0 aromatic heterocycles. The van der Waals surface area contributed by atoms with Crippen LogP contribution in [0.2, 0.25) is 5.02 Å². The molecule has 5 unspecified atom stereocenters. The first-order valence-corrected chi connectivity index (χ1v) is 15.3. The fourth-order valence-electron chi connectivity index (χ4n) is 7.37. The lowest BCUT2D eigenvalue weighted by molar-refractivity contribution is -0.141. The number of carbonyl (C=O) groups excluding carboxylic acids is 3. The van der Waals surface area contributed by atoms with Crippen LogP contribution in [-0.4, -0.2) is 102 Å². The number of nitrogens with one attached hydrogen (secondary N) is 2. The van der Waals surface area contributed by atoms with E-state index in [0.29, 0.717) is 23.8 Å². The lowest BCUT2D eigenvalue weighted by atomic mass is 9.74. The molecule has 1 aliphatic carbocycles. The molecule has 4 fully saturated rings. The first kappa shape index (κ1) is 27.7. The second kappa shape index (κ2) is 11.4. The van der Waals surface area contributed by atoms with Crippen LogP contribution in [0.5, 0.6) is 0 Å². The van der Waals surface area contributed by atoms with Gasteiger partial charge in [0.15, 0.2) is 0 Å². The largest absolute Gasteiger partial charge is 0.359 e. The summed E-state index contributed by atoms with van der Waals surface area (Å²) in [5.41, 5.74) is -0.529. The molecule has 1 spiro atoms. The number of anilines is 1. The summed E-state index contributed by atoms with van der Waals surface area (Å²) in [6.45, 7) is 8.21. The van der Waals surface area contributed by atoms with Crippen molar-refractivity contribution in [1.82, 2.24) is 20.0 Å². The van der Waals surface area contributed by atoms with Crippen LogP contribution in [0, 0.1) is 11.8 Å². The molecule has 3 amide bonds. The molecular formula is C30H40ClN5O4. The molecule has 6 rings (SSSR count). The van der Waals surface area contributed by atoms with Crippen LogP contribution >= 0.6 is 11.6 Å². The molecule has 40 heavy (non-hydrogen) atoms. The summed E-state index contributed by atoms with van der Waals surface area (Å²) in [5, 5.41) is 6.79. The second-order valence-electron chi connectivity index (χ2n) is 11.8. The molecule has 5 aliphatic rings. The average molecular weight is 570 g/mol. The number of carbonyl (C=O) groups is 3. The van der Waals surface area contributed by atoms with Crippen LogP contribution in [0.15, 0.2) is 36.4 Å². The minimum Gasteiger partial charge on any atom is -0.359 e. The maximum atomic E-state index is 14.2. The predicted molar refractivity (Wildman–Crippen MR) is 153 cm³/mol. The third kappa shape index (κ3) is 5.06. The number of nitrogens with zero attached hydrogens (tertiary/aromatic N) is 3. The van der Waals surface area contributed by atoms with Crippen LogP contribution < -0.4 is 10.6 Å². The quantitative estimate of drug-likeness (QED) is 0.467. The van der Waals surface area contributed by atoms with Crippen LogP contribution in [0.3, 0.4) is 0 Å². The van der Waals surface area contributed by atoms with Crippen LogP contribution in [0.1, 0.15) is 39.0 Å². The van der Waals surface area contributed by atoms with Crippen molar-refractivity contribution in [2.24, 2.45) is 11.8 Å². The number of piperazine rings is 1. The number of rotatable bonds is 8. The SMILES string of the molecule is CCN1CCN(CCN2C(=O)C3C(C(=O)Nc4ccc(Cl)cc4)C4C=CC3(O4)C2C(=O)NC2CCCCC2)CC1. The molecule has 216 valence electrons. The highest BCUT2D eigenvalue weighted by molar-refractivity contribution is 6.30. The zero-order chi connectivity index (χ0) is 27.9. The van der Waals surface area contributed by atoms with E-state index in [9.17, 15) is 14.4 Å². The summed E-state index contributed by atoms with van der Waals surface area (Å²) in [5.74, 6) is -2.06. The van der Waals surface area contributed by atoms with Crippen molar-refractivity contribution in [2.45, 2.75) is 62.8 Å². The van der Waals surface area contributed by atoms with E-state index in [4.69, 9.17) is 16.3 Å². The van der Waals surface area contributed by atoms with Gasteiger partial charge in [0.2, 0.25) is 17.7 Å². The smallest absolute Gasteiger partial charge is 0.246 e. The van der Waals surface area contributed by atoms with Crippen molar-refractivity contribution >= 4 is 35.0 Å². The topological polar surface area (TPSA) is 94.2 Å². The summed E-state index contributed by atoms with van der Waals surface area (Å²) in [4.78, 5) is 48.2. The van der Waals surface area contributed by atoms with Gasteiger partial charge in [-0.1, -0.05) is 49.9 Å². The van der Waals surface area contributed by atoms with E-state index in [1.54, 1.807) is 29.2 Å². The number of hydrogen-bond donors (Lipinski definition) is 2. The van der Waals surface area contributed by atoms with Gasteiger partial charge < -0.3 is 25.2 Å². The van der Waals surface area contributed by atoms with Gasteiger partial charge in [-0.2, -0.15) is 0 Å². The Morgan fingerprint density at radius 3 is 2.40 bits per heavy atom. The fraction of sp³-hybridized carbons (Fsp3) is 0.633. The normalized spacial score (nSPS) is 32.5. The molecule has 0 radical (unpaired) electrons. The van der Waals surface area contributed by atoms with Crippen molar-refractivity contribution in [3.63, 3.8) is 0 Å². The van der Waals surface area contributed by atoms with Crippen molar-refractivity contribution in [2.75, 3.05) is 51.1 Å². The Kier molecular flexibility index (Phi) is 7.92. The van der Waals surface area contributed by atoms with Crippen molar-refractivity contribution in [3.05, 3.63) is 41.4 Å². The van der Waals surface area contributed by atoms with Crippen molar-refractivity contribution < 1.29 is 19.1 Å². The van der Waals surface area contributed by atoms with E-state index in [1.165, 1.54) is 6.42 Å². The molecule has 9 nitrogen and oxygen atoms in total. The molecule has 4 aliphatic heterocycles. The van der Waals surface area contributed by atoms with E-state index in [0.717, 1.165) is 58.4 Å². The molecule has 2 bridgehead atoms. The van der Waals surface area contributed by atoms with E-state index in [-0.39, 0.29) is 23.8 Å². The first-order valence-electron chi connectivity index (χ1n) is 14.9. The first-order chi connectivity index (χ1) is 19.4.